The van der Waals surface area contributed by atoms with Gasteiger partial charge in [-0.15, -0.1) is 0 Å². The number of hydrogen-bond donors (Lipinski definition) is 1. The van der Waals surface area contributed by atoms with Gasteiger partial charge in [0.1, 0.15) is 0 Å². The van der Waals surface area contributed by atoms with E-state index in [1.807, 2.05) is 0 Å². The lowest BCUT2D eigenvalue weighted by molar-refractivity contribution is -0.138. The van der Waals surface area contributed by atoms with E-state index in [1.165, 1.54) is 6.07 Å². The second-order valence-electron chi connectivity index (χ2n) is 5.29. The van der Waals surface area contributed by atoms with Crippen LogP contribution in [0.4, 0.5) is 13.2 Å². The Morgan fingerprint density at radius 1 is 1.25 bits per heavy atom. The van der Waals surface area contributed by atoms with Crippen LogP contribution < -0.4 is 5.32 Å². The van der Waals surface area contributed by atoms with Crippen LogP contribution in [0.2, 0.25) is 0 Å². The van der Waals surface area contributed by atoms with Crippen molar-refractivity contribution in [2.45, 2.75) is 18.6 Å². The van der Waals surface area contributed by atoms with Crippen LogP contribution in [0, 0.1) is 0 Å². The van der Waals surface area contributed by atoms with Gasteiger partial charge in [0, 0.05) is 6.04 Å². The largest absolute Gasteiger partial charge is 0.452 e. The normalized spacial score (nSPS) is 19.7. The SMILES string of the molecule is O=C(COC(=O)c1ccccc1C(F)(F)F)N[C@@H]1CCS(=O)(=O)C1. The number of ether oxygens (including phenoxy) is 1. The Morgan fingerprint density at radius 2 is 1.92 bits per heavy atom. The van der Waals surface area contributed by atoms with E-state index in [9.17, 15) is 31.2 Å². The Kier molecular flexibility index (Phi) is 5.16. The number of carbonyl (C=O) groups is 2. The molecule has 132 valence electrons. The van der Waals surface area contributed by atoms with Gasteiger partial charge in [0.05, 0.1) is 22.6 Å². The van der Waals surface area contributed by atoms with Crippen molar-refractivity contribution < 1.29 is 35.9 Å². The van der Waals surface area contributed by atoms with E-state index in [0.717, 1.165) is 18.2 Å². The van der Waals surface area contributed by atoms with Gasteiger partial charge in [-0.1, -0.05) is 12.1 Å². The van der Waals surface area contributed by atoms with Crippen LogP contribution in [0.1, 0.15) is 22.3 Å². The zero-order valence-corrected chi connectivity index (χ0v) is 13.1. The highest BCUT2D eigenvalue weighted by molar-refractivity contribution is 7.91. The summed E-state index contributed by atoms with van der Waals surface area (Å²) in [7, 11) is -3.18. The number of amides is 1. The van der Waals surface area contributed by atoms with E-state index in [-0.39, 0.29) is 17.9 Å². The molecule has 1 aliphatic heterocycles. The monoisotopic (exact) mass is 365 g/mol. The molecule has 1 amide bonds. The first-order valence-electron chi connectivity index (χ1n) is 6.91. The summed E-state index contributed by atoms with van der Waals surface area (Å²) in [6.45, 7) is -0.790. The molecular weight excluding hydrogens is 351 g/mol. The smallest absolute Gasteiger partial charge is 0.417 e. The maximum atomic E-state index is 12.8. The fraction of sp³-hybridized carbons (Fsp3) is 0.429. The third kappa shape index (κ3) is 4.70. The van der Waals surface area contributed by atoms with E-state index >= 15 is 0 Å². The van der Waals surface area contributed by atoms with Crippen molar-refractivity contribution in [3.05, 3.63) is 35.4 Å². The summed E-state index contributed by atoms with van der Waals surface area (Å²) in [6.07, 6.45) is -4.48. The molecule has 0 bridgehead atoms. The number of halogens is 3. The molecule has 1 atom stereocenters. The number of nitrogens with one attached hydrogen (secondary N) is 1. The molecule has 0 spiro atoms. The number of sulfone groups is 1. The number of hydrogen-bond acceptors (Lipinski definition) is 5. The summed E-state index contributed by atoms with van der Waals surface area (Å²) in [4.78, 5) is 23.4. The molecule has 0 aliphatic carbocycles. The molecule has 1 fully saturated rings. The number of rotatable bonds is 4. The number of alkyl halides is 3. The quantitative estimate of drug-likeness (QED) is 0.809. The van der Waals surface area contributed by atoms with Crippen molar-refractivity contribution in [1.82, 2.24) is 5.32 Å². The maximum Gasteiger partial charge on any atom is 0.417 e. The van der Waals surface area contributed by atoms with Gasteiger partial charge >= 0.3 is 12.1 Å². The molecule has 0 aromatic heterocycles. The third-order valence-electron chi connectivity index (χ3n) is 3.38. The molecule has 1 aromatic rings. The van der Waals surface area contributed by atoms with Crippen LogP contribution in [-0.4, -0.2) is 44.4 Å². The van der Waals surface area contributed by atoms with E-state index in [4.69, 9.17) is 0 Å². The number of esters is 1. The number of carbonyl (C=O) groups excluding carboxylic acids is 2. The lowest BCUT2D eigenvalue weighted by Crippen LogP contribution is -2.38. The molecular formula is C14H14F3NO5S. The van der Waals surface area contributed by atoms with Gasteiger partial charge < -0.3 is 10.1 Å². The second-order valence-corrected chi connectivity index (χ2v) is 7.52. The van der Waals surface area contributed by atoms with Crippen LogP contribution in [-0.2, 0) is 25.5 Å². The van der Waals surface area contributed by atoms with Gasteiger partial charge in [0.15, 0.2) is 16.4 Å². The molecule has 10 heteroatoms. The maximum absolute atomic E-state index is 12.8. The second kappa shape index (κ2) is 6.80. The molecule has 1 saturated heterocycles. The van der Waals surface area contributed by atoms with Crippen LogP contribution in [0.3, 0.4) is 0 Å². The molecule has 1 aromatic carbocycles. The Balaban J connectivity index is 1.93. The summed E-state index contributed by atoms with van der Waals surface area (Å²) in [5.74, 6) is -2.30. The zero-order chi connectivity index (χ0) is 18.0. The molecule has 1 heterocycles. The van der Waals surface area contributed by atoms with Crippen molar-refractivity contribution in [2.75, 3.05) is 18.1 Å². The first-order chi connectivity index (χ1) is 11.1. The first kappa shape index (κ1) is 18.2. The Bertz CT molecular complexity index is 745. The lowest BCUT2D eigenvalue weighted by atomic mass is 10.1. The van der Waals surface area contributed by atoms with E-state index in [2.05, 4.69) is 10.1 Å². The molecule has 24 heavy (non-hydrogen) atoms. The summed E-state index contributed by atoms with van der Waals surface area (Å²) in [5.41, 5.74) is -1.85. The van der Waals surface area contributed by atoms with Crippen molar-refractivity contribution >= 4 is 21.7 Å². The van der Waals surface area contributed by atoms with Gasteiger partial charge in [-0.2, -0.15) is 13.2 Å². The van der Waals surface area contributed by atoms with Gasteiger partial charge in [-0.05, 0) is 18.6 Å². The molecule has 2 rings (SSSR count). The van der Waals surface area contributed by atoms with E-state index in [0.29, 0.717) is 0 Å². The van der Waals surface area contributed by atoms with E-state index in [1.54, 1.807) is 0 Å². The minimum absolute atomic E-state index is 0.0449. The van der Waals surface area contributed by atoms with Gasteiger partial charge in [-0.25, -0.2) is 13.2 Å². The minimum atomic E-state index is -4.73. The molecule has 1 aliphatic rings. The number of benzene rings is 1. The first-order valence-corrected chi connectivity index (χ1v) is 8.74. The molecule has 1 N–H and O–H groups in total. The minimum Gasteiger partial charge on any atom is -0.452 e. The average Bonchev–Trinajstić information content (AvgIpc) is 2.82. The zero-order valence-electron chi connectivity index (χ0n) is 12.3. The Labute approximate surface area is 135 Å². The van der Waals surface area contributed by atoms with Crippen LogP contribution in [0.25, 0.3) is 0 Å². The van der Waals surface area contributed by atoms with E-state index < -0.39 is 51.7 Å². The van der Waals surface area contributed by atoms with Crippen molar-refractivity contribution in [1.29, 1.82) is 0 Å². The van der Waals surface area contributed by atoms with Crippen molar-refractivity contribution in [3.63, 3.8) is 0 Å². The molecule has 0 radical (unpaired) electrons. The average molecular weight is 365 g/mol. The predicted molar refractivity (Wildman–Crippen MR) is 76.9 cm³/mol. The van der Waals surface area contributed by atoms with Crippen molar-refractivity contribution in [3.8, 4) is 0 Å². The topological polar surface area (TPSA) is 89.5 Å². The summed E-state index contributed by atoms with van der Waals surface area (Å²) >= 11 is 0. The highest BCUT2D eigenvalue weighted by atomic mass is 32.2. The highest BCUT2D eigenvalue weighted by Gasteiger charge is 2.35. The fourth-order valence-corrected chi connectivity index (χ4v) is 3.97. The third-order valence-corrected chi connectivity index (χ3v) is 5.15. The summed E-state index contributed by atoms with van der Waals surface area (Å²) in [5, 5.41) is 2.37. The van der Waals surface area contributed by atoms with Crippen LogP contribution in [0.15, 0.2) is 24.3 Å². The Morgan fingerprint density at radius 3 is 2.50 bits per heavy atom. The lowest BCUT2D eigenvalue weighted by Gasteiger charge is -2.13. The van der Waals surface area contributed by atoms with Crippen molar-refractivity contribution in [2.24, 2.45) is 0 Å². The fourth-order valence-electron chi connectivity index (χ4n) is 2.30. The molecule has 0 saturated carbocycles. The van der Waals surface area contributed by atoms with Crippen LogP contribution >= 0.6 is 0 Å². The molecule has 0 unspecified atom stereocenters. The predicted octanol–water partition coefficient (Wildman–Crippen LogP) is 1.17. The summed E-state index contributed by atoms with van der Waals surface area (Å²) in [6, 6.07) is 3.48. The summed E-state index contributed by atoms with van der Waals surface area (Å²) < 4.78 is 65.5. The van der Waals surface area contributed by atoms with Gasteiger partial charge in [0.25, 0.3) is 5.91 Å². The Hall–Kier alpha value is -2.10. The van der Waals surface area contributed by atoms with Crippen LogP contribution in [0.5, 0.6) is 0 Å². The standard InChI is InChI=1S/C14H14F3NO5S/c15-14(16,17)11-4-2-1-3-10(11)13(20)23-7-12(19)18-9-5-6-24(21,22)8-9/h1-4,9H,5-8H2,(H,18,19)/t9-/m1/s1. The molecule has 6 nitrogen and oxygen atoms in total. The highest BCUT2D eigenvalue weighted by Crippen LogP contribution is 2.32. The van der Waals surface area contributed by atoms with Gasteiger partial charge in [-0.3, -0.25) is 4.79 Å². The van der Waals surface area contributed by atoms with Gasteiger partial charge in [0.2, 0.25) is 0 Å².